The number of amides is 1. The van der Waals surface area contributed by atoms with Crippen molar-refractivity contribution >= 4 is 40.0 Å². The molecule has 0 aliphatic rings. The van der Waals surface area contributed by atoms with Crippen LogP contribution >= 0.6 is 12.2 Å². The highest BCUT2D eigenvalue weighted by Crippen LogP contribution is 2.27. The Labute approximate surface area is 198 Å². The van der Waals surface area contributed by atoms with Crippen molar-refractivity contribution in [3.8, 4) is 17.2 Å². The van der Waals surface area contributed by atoms with E-state index in [2.05, 4.69) is 29.5 Å². The van der Waals surface area contributed by atoms with E-state index in [-0.39, 0.29) is 11.0 Å². The molecule has 1 aromatic heterocycles. The lowest BCUT2D eigenvalue weighted by Crippen LogP contribution is -2.34. The number of aromatic nitrogens is 1. The van der Waals surface area contributed by atoms with Gasteiger partial charge < -0.3 is 14.5 Å². The summed E-state index contributed by atoms with van der Waals surface area (Å²) in [7, 11) is 0. The number of thiocarbonyl (C=S) groups is 1. The fourth-order valence-corrected chi connectivity index (χ4v) is 3.56. The molecule has 0 spiro atoms. The average Bonchev–Trinajstić information content (AvgIpc) is 3.23. The van der Waals surface area contributed by atoms with Crippen LogP contribution in [0.5, 0.6) is 5.75 Å². The van der Waals surface area contributed by atoms with Gasteiger partial charge in [-0.3, -0.25) is 10.1 Å². The third kappa shape index (κ3) is 5.38. The number of nitrogens with zero attached hydrogens (tertiary/aromatic N) is 1. The van der Waals surface area contributed by atoms with Gasteiger partial charge in [-0.1, -0.05) is 26.0 Å². The van der Waals surface area contributed by atoms with Gasteiger partial charge in [-0.2, -0.15) is 0 Å². The summed E-state index contributed by atoms with van der Waals surface area (Å²) in [4.78, 5) is 17.1. The van der Waals surface area contributed by atoms with Crippen LogP contribution in [0.4, 0.5) is 5.69 Å². The number of hydrogen-bond donors (Lipinski definition) is 2. The Bertz CT molecular complexity index is 1280. The second-order valence-electron chi connectivity index (χ2n) is 7.84. The van der Waals surface area contributed by atoms with Crippen LogP contribution in [0.25, 0.3) is 22.6 Å². The molecule has 0 aliphatic heterocycles. The van der Waals surface area contributed by atoms with Crippen molar-refractivity contribution in [2.75, 3.05) is 11.9 Å². The zero-order valence-corrected chi connectivity index (χ0v) is 19.5. The van der Waals surface area contributed by atoms with Gasteiger partial charge in [0.1, 0.15) is 11.3 Å². The van der Waals surface area contributed by atoms with E-state index in [1.165, 1.54) is 5.56 Å². The number of nitrogens with one attached hydrogen (secondary N) is 2. The van der Waals surface area contributed by atoms with Crippen molar-refractivity contribution < 1.29 is 13.9 Å². The molecule has 4 aromatic rings. The van der Waals surface area contributed by atoms with E-state index < -0.39 is 0 Å². The van der Waals surface area contributed by atoms with Crippen LogP contribution in [0, 0.1) is 0 Å². The first kappa shape index (κ1) is 22.5. The normalized spacial score (nSPS) is 10.9. The van der Waals surface area contributed by atoms with Crippen LogP contribution in [0.15, 0.2) is 71.1 Å². The molecule has 33 heavy (non-hydrogen) atoms. The number of hydrogen-bond acceptors (Lipinski definition) is 5. The minimum absolute atomic E-state index is 0.211. The van der Waals surface area contributed by atoms with E-state index in [1.807, 2.05) is 61.5 Å². The maximum atomic E-state index is 12.5. The van der Waals surface area contributed by atoms with Crippen molar-refractivity contribution in [3.63, 3.8) is 0 Å². The lowest BCUT2D eigenvalue weighted by molar-refractivity contribution is 0.0977. The highest BCUT2D eigenvalue weighted by molar-refractivity contribution is 7.80. The largest absolute Gasteiger partial charge is 0.494 e. The van der Waals surface area contributed by atoms with Gasteiger partial charge in [0.2, 0.25) is 5.89 Å². The predicted molar refractivity (Wildman–Crippen MR) is 135 cm³/mol. The molecular formula is C26H25N3O3S. The number of oxazole rings is 1. The lowest BCUT2D eigenvalue weighted by atomic mass is 10.0. The first-order valence-corrected chi connectivity index (χ1v) is 11.2. The topological polar surface area (TPSA) is 76.4 Å². The summed E-state index contributed by atoms with van der Waals surface area (Å²) in [6, 6.07) is 20.6. The van der Waals surface area contributed by atoms with Gasteiger partial charge >= 0.3 is 0 Å². The molecule has 3 aromatic carbocycles. The summed E-state index contributed by atoms with van der Waals surface area (Å²) in [6.45, 7) is 6.79. The quantitative estimate of drug-likeness (QED) is 0.337. The molecule has 0 unspecified atom stereocenters. The Kier molecular flexibility index (Phi) is 6.70. The molecule has 0 saturated carbocycles. The number of rotatable bonds is 6. The van der Waals surface area contributed by atoms with Gasteiger partial charge in [-0.25, -0.2) is 4.98 Å². The van der Waals surface area contributed by atoms with Gasteiger partial charge in [0.15, 0.2) is 10.7 Å². The van der Waals surface area contributed by atoms with Gasteiger partial charge in [0, 0.05) is 16.8 Å². The summed E-state index contributed by atoms with van der Waals surface area (Å²) in [6.07, 6.45) is 0. The summed E-state index contributed by atoms with van der Waals surface area (Å²) in [5.41, 5.74) is 4.63. The van der Waals surface area contributed by atoms with Gasteiger partial charge in [0.05, 0.1) is 6.61 Å². The smallest absolute Gasteiger partial charge is 0.257 e. The molecule has 0 atom stereocenters. The predicted octanol–water partition coefficient (Wildman–Crippen LogP) is 6.14. The van der Waals surface area contributed by atoms with Gasteiger partial charge in [-0.15, -0.1) is 0 Å². The second-order valence-corrected chi connectivity index (χ2v) is 8.25. The molecule has 0 aliphatic carbocycles. The van der Waals surface area contributed by atoms with Crippen LogP contribution in [0.3, 0.4) is 0 Å². The van der Waals surface area contributed by atoms with Crippen LogP contribution in [-0.4, -0.2) is 22.6 Å². The van der Waals surface area contributed by atoms with Crippen LogP contribution < -0.4 is 15.4 Å². The SMILES string of the molecule is CCOc1ccc(-c2nc3cc(NC(=S)NC(=O)c4ccc(C(C)C)cc4)ccc3o2)cc1. The number of anilines is 1. The van der Waals surface area contributed by atoms with Crippen molar-refractivity contribution in [1.82, 2.24) is 10.3 Å². The highest BCUT2D eigenvalue weighted by Gasteiger charge is 2.12. The fourth-order valence-electron chi connectivity index (χ4n) is 3.35. The molecule has 168 valence electrons. The Balaban J connectivity index is 1.43. The molecular weight excluding hydrogens is 434 g/mol. The van der Waals surface area contributed by atoms with Crippen molar-refractivity contribution in [1.29, 1.82) is 0 Å². The monoisotopic (exact) mass is 459 g/mol. The minimum Gasteiger partial charge on any atom is -0.494 e. The number of ether oxygens (including phenoxy) is 1. The highest BCUT2D eigenvalue weighted by atomic mass is 32.1. The molecule has 1 heterocycles. The Hall–Kier alpha value is -3.71. The third-order valence-corrected chi connectivity index (χ3v) is 5.33. The first-order valence-electron chi connectivity index (χ1n) is 10.8. The van der Waals surface area contributed by atoms with E-state index in [1.54, 1.807) is 12.1 Å². The summed E-state index contributed by atoms with van der Waals surface area (Å²) >= 11 is 5.32. The molecule has 0 saturated heterocycles. The van der Waals surface area contributed by atoms with E-state index in [0.29, 0.717) is 40.8 Å². The zero-order valence-electron chi connectivity index (χ0n) is 18.7. The number of carbonyl (C=O) groups excluding carboxylic acids is 1. The van der Waals surface area contributed by atoms with Crippen molar-refractivity contribution in [2.45, 2.75) is 26.7 Å². The second kappa shape index (κ2) is 9.83. The minimum atomic E-state index is -0.261. The standard InChI is InChI=1S/C26H25N3O3S/c1-4-31-21-12-9-19(10-13-21)25-28-22-15-20(11-14-23(22)32-25)27-26(33)29-24(30)18-7-5-17(6-8-18)16(2)3/h5-16H,4H2,1-3H3,(H2,27,29,30,33). The molecule has 0 radical (unpaired) electrons. The lowest BCUT2D eigenvalue weighted by Gasteiger charge is -2.10. The molecule has 6 nitrogen and oxygen atoms in total. The summed E-state index contributed by atoms with van der Waals surface area (Å²) in [5, 5.41) is 5.96. The number of fused-ring (bicyclic) bond motifs is 1. The Morgan fingerprint density at radius 1 is 1.06 bits per heavy atom. The Morgan fingerprint density at radius 2 is 1.79 bits per heavy atom. The van der Waals surface area contributed by atoms with Crippen LogP contribution in [0.2, 0.25) is 0 Å². The molecule has 2 N–H and O–H groups in total. The van der Waals surface area contributed by atoms with E-state index in [9.17, 15) is 4.79 Å². The van der Waals surface area contributed by atoms with E-state index in [0.717, 1.165) is 11.3 Å². The molecule has 4 rings (SSSR count). The number of carbonyl (C=O) groups is 1. The first-order chi connectivity index (χ1) is 15.9. The van der Waals surface area contributed by atoms with E-state index in [4.69, 9.17) is 21.4 Å². The van der Waals surface area contributed by atoms with Gasteiger partial charge in [0.25, 0.3) is 5.91 Å². The maximum Gasteiger partial charge on any atom is 0.257 e. The van der Waals surface area contributed by atoms with Crippen LogP contribution in [0.1, 0.15) is 42.6 Å². The zero-order chi connectivity index (χ0) is 23.4. The average molecular weight is 460 g/mol. The number of benzene rings is 3. The van der Waals surface area contributed by atoms with Crippen molar-refractivity contribution in [3.05, 3.63) is 77.9 Å². The van der Waals surface area contributed by atoms with Gasteiger partial charge in [-0.05, 0) is 85.2 Å². The summed E-state index contributed by atoms with van der Waals surface area (Å²) in [5.74, 6) is 1.47. The molecule has 1 amide bonds. The van der Waals surface area contributed by atoms with Crippen LogP contribution in [-0.2, 0) is 0 Å². The third-order valence-electron chi connectivity index (χ3n) is 5.12. The summed E-state index contributed by atoms with van der Waals surface area (Å²) < 4.78 is 11.4. The molecule has 0 bridgehead atoms. The molecule has 0 fully saturated rings. The fraction of sp³-hybridized carbons (Fsp3) is 0.192. The van der Waals surface area contributed by atoms with E-state index >= 15 is 0 Å². The maximum absolute atomic E-state index is 12.5. The Morgan fingerprint density at radius 3 is 2.45 bits per heavy atom. The van der Waals surface area contributed by atoms with Crippen molar-refractivity contribution in [2.24, 2.45) is 0 Å². The molecule has 7 heteroatoms.